The predicted octanol–water partition coefficient (Wildman–Crippen LogP) is 2.32. The van der Waals surface area contributed by atoms with Gasteiger partial charge in [0, 0.05) is 5.69 Å². The number of aromatic nitrogens is 2. The van der Waals surface area contributed by atoms with Crippen molar-refractivity contribution < 1.29 is 0 Å². The zero-order valence-corrected chi connectivity index (χ0v) is 10.5. The average Bonchev–Trinajstić information content (AvgIpc) is 2.55. The summed E-state index contributed by atoms with van der Waals surface area (Å²) in [5.74, 6) is 0. The number of nitrogens with one attached hydrogen (secondary N) is 1. The summed E-state index contributed by atoms with van der Waals surface area (Å²) < 4.78 is 2.30. The summed E-state index contributed by atoms with van der Waals surface area (Å²) in [6, 6.07) is 2.89. The molecule has 0 radical (unpaired) electrons. The number of hydrogen-bond acceptors (Lipinski definition) is 2. The Morgan fingerprint density at radius 2 is 2.19 bits per heavy atom. The molecule has 0 spiro atoms. The summed E-state index contributed by atoms with van der Waals surface area (Å²) in [4.78, 5) is 0. The quantitative estimate of drug-likeness (QED) is 0.849. The SMILES string of the molecule is CCc1cc(CC)n(C2CCCNCC2)n1. The fraction of sp³-hybridized carbons (Fsp3) is 0.769. The number of hydrogen-bond donors (Lipinski definition) is 1. The van der Waals surface area contributed by atoms with Gasteiger partial charge in [0.05, 0.1) is 11.7 Å². The van der Waals surface area contributed by atoms with Crippen LogP contribution < -0.4 is 5.32 Å². The maximum atomic E-state index is 4.75. The van der Waals surface area contributed by atoms with E-state index in [2.05, 4.69) is 29.9 Å². The van der Waals surface area contributed by atoms with Crippen molar-refractivity contribution in [2.24, 2.45) is 0 Å². The molecule has 1 aliphatic rings. The zero-order valence-electron chi connectivity index (χ0n) is 10.5. The molecular weight excluding hydrogens is 198 g/mol. The van der Waals surface area contributed by atoms with Crippen molar-refractivity contribution in [1.82, 2.24) is 15.1 Å². The van der Waals surface area contributed by atoms with E-state index in [4.69, 9.17) is 5.10 Å². The number of nitrogens with zero attached hydrogens (tertiary/aromatic N) is 2. The van der Waals surface area contributed by atoms with Gasteiger partial charge in [-0.1, -0.05) is 13.8 Å². The summed E-state index contributed by atoms with van der Waals surface area (Å²) in [5.41, 5.74) is 2.65. The van der Waals surface area contributed by atoms with E-state index in [1.165, 1.54) is 37.2 Å². The number of rotatable bonds is 3. The van der Waals surface area contributed by atoms with Gasteiger partial charge < -0.3 is 5.32 Å². The summed E-state index contributed by atoms with van der Waals surface area (Å²) in [5, 5.41) is 8.22. The summed E-state index contributed by atoms with van der Waals surface area (Å²) >= 11 is 0. The average molecular weight is 221 g/mol. The van der Waals surface area contributed by atoms with Crippen molar-refractivity contribution in [3.63, 3.8) is 0 Å². The molecule has 0 amide bonds. The highest BCUT2D eigenvalue weighted by Crippen LogP contribution is 2.22. The van der Waals surface area contributed by atoms with Gasteiger partial charge in [-0.3, -0.25) is 4.68 Å². The van der Waals surface area contributed by atoms with E-state index in [1.54, 1.807) is 0 Å². The van der Waals surface area contributed by atoms with Crippen molar-refractivity contribution in [2.75, 3.05) is 13.1 Å². The molecule has 3 nitrogen and oxygen atoms in total. The standard InChI is InChI=1S/C13H23N3/c1-3-11-10-12(4-2)16(15-11)13-6-5-8-14-9-7-13/h10,13-14H,3-9H2,1-2H3. The number of aryl methyl sites for hydroxylation is 2. The smallest absolute Gasteiger partial charge is 0.0624 e. The van der Waals surface area contributed by atoms with Gasteiger partial charge in [-0.2, -0.15) is 5.10 Å². The molecule has 1 saturated heterocycles. The highest BCUT2D eigenvalue weighted by Gasteiger charge is 2.17. The van der Waals surface area contributed by atoms with Gasteiger partial charge in [0.15, 0.2) is 0 Å². The largest absolute Gasteiger partial charge is 0.317 e. The van der Waals surface area contributed by atoms with Gasteiger partial charge in [-0.15, -0.1) is 0 Å². The second-order valence-electron chi connectivity index (χ2n) is 4.61. The van der Waals surface area contributed by atoms with E-state index >= 15 is 0 Å². The molecule has 1 N–H and O–H groups in total. The minimum Gasteiger partial charge on any atom is -0.317 e. The summed E-state index contributed by atoms with van der Waals surface area (Å²) in [6.07, 6.45) is 5.90. The second-order valence-corrected chi connectivity index (χ2v) is 4.61. The lowest BCUT2D eigenvalue weighted by molar-refractivity contribution is 0.400. The molecule has 0 aliphatic carbocycles. The zero-order chi connectivity index (χ0) is 11.4. The maximum Gasteiger partial charge on any atom is 0.0624 e. The van der Waals surface area contributed by atoms with Crippen molar-refractivity contribution in [3.05, 3.63) is 17.5 Å². The molecule has 1 unspecified atom stereocenters. The van der Waals surface area contributed by atoms with Gasteiger partial charge >= 0.3 is 0 Å². The van der Waals surface area contributed by atoms with Crippen LogP contribution in [0.4, 0.5) is 0 Å². The lowest BCUT2D eigenvalue weighted by Crippen LogP contribution is -2.17. The van der Waals surface area contributed by atoms with Crippen LogP contribution in [0, 0.1) is 0 Å². The highest BCUT2D eigenvalue weighted by atomic mass is 15.3. The van der Waals surface area contributed by atoms with Crippen LogP contribution in [-0.4, -0.2) is 22.9 Å². The molecular formula is C13H23N3. The van der Waals surface area contributed by atoms with E-state index in [0.717, 1.165) is 19.4 Å². The molecule has 0 aromatic carbocycles. The fourth-order valence-corrected chi connectivity index (χ4v) is 2.49. The molecule has 0 bridgehead atoms. The Bertz CT molecular complexity index is 322. The lowest BCUT2D eigenvalue weighted by Gasteiger charge is -2.17. The molecule has 1 aromatic heterocycles. The highest BCUT2D eigenvalue weighted by molar-refractivity contribution is 5.11. The first-order valence-corrected chi connectivity index (χ1v) is 6.63. The molecule has 1 aromatic rings. The van der Waals surface area contributed by atoms with Crippen molar-refractivity contribution in [1.29, 1.82) is 0 Å². The fourth-order valence-electron chi connectivity index (χ4n) is 2.49. The van der Waals surface area contributed by atoms with Crippen molar-refractivity contribution in [3.8, 4) is 0 Å². The Hall–Kier alpha value is -0.830. The van der Waals surface area contributed by atoms with E-state index in [-0.39, 0.29) is 0 Å². The van der Waals surface area contributed by atoms with Crippen LogP contribution in [0.15, 0.2) is 6.07 Å². The normalized spacial score (nSPS) is 22.0. The minimum absolute atomic E-state index is 0.616. The molecule has 2 rings (SSSR count). The van der Waals surface area contributed by atoms with E-state index in [0.29, 0.717) is 6.04 Å². The van der Waals surface area contributed by atoms with Gasteiger partial charge in [-0.25, -0.2) is 0 Å². The van der Waals surface area contributed by atoms with E-state index in [1.807, 2.05) is 0 Å². The Kier molecular flexibility index (Phi) is 3.99. The third-order valence-corrected chi connectivity index (χ3v) is 3.48. The first-order chi connectivity index (χ1) is 7.85. The molecule has 0 saturated carbocycles. The third-order valence-electron chi connectivity index (χ3n) is 3.48. The van der Waals surface area contributed by atoms with Crippen LogP contribution in [0.2, 0.25) is 0 Å². The first kappa shape index (κ1) is 11.6. The molecule has 2 heterocycles. The molecule has 16 heavy (non-hydrogen) atoms. The Morgan fingerprint density at radius 3 is 2.94 bits per heavy atom. The second kappa shape index (κ2) is 5.48. The molecule has 1 atom stereocenters. The lowest BCUT2D eigenvalue weighted by atomic mass is 10.1. The van der Waals surface area contributed by atoms with Crippen molar-refractivity contribution in [2.45, 2.75) is 52.0 Å². The van der Waals surface area contributed by atoms with Crippen LogP contribution >= 0.6 is 0 Å². The van der Waals surface area contributed by atoms with Gasteiger partial charge in [0.1, 0.15) is 0 Å². The summed E-state index contributed by atoms with van der Waals surface area (Å²) in [7, 11) is 0. The van der Waals surface area contributed by atoms with Crippen LogP contribution in [0.1, 0.15) is 50.5 Å². The predicted molar refractivity (Wildman–Crippen MR) is 66.7 cm³/mol. The Morgan fingerprint density at radius 1 is 1.31 bits per heavy atom. The first-order valence-electron chi connectivity index (χ1n) is 6.63. The van der Waals surface area contributed by atoms with Crippen LogP contribution in [0.5, 0.6) is 0 Å². The van der Waals surface area contributed by atoms with E-state index in [9.17, 15) is 0 Å². The monoisotopic (exact) mass is 221 g/mol. The van der Waals surface area contributed by atoms with Crippen molar-refractivity contribution >= 4 is 0 Å². The third kappa shape index (κ3) is 2.46. The van der Waals surface area contributed by atoms with Gasteiger partial charge in [0.25, 0.3) is 0 Å². The molecule has 3 heteroatoms. The summed E-state index contributed by atoms with van der Waals surface area (Å²) in [6.45, 7) is 6.71. The van der Waals surface area contributed by atoms with Crippen LogP contribution in [0.3, 0.4) is 0 Å². The van der Waals surface area contributed by atoms with Crippen LogP contribution in [0.25, 0.3) is 0 Å². The van der Waals surface area contributed by atoms with E-state index < -0.39 is 0 Å². The minimum atomic E-state index is 0.616. The van der Waals surface area contributed by atoms with Gasteiger partial charge in [-0.05, 0) is 51.3 Å². The molecule has 90 valence electrons. The maximum absolute atomic E-state index is 4.75. The molecule has 1 aliphatic heterocycles. The Labute approximate surface area is 98.2 Å². The van der Waals surface area contributed by atoms with Crippen LogP contribution in [-0.2, 0) is 12.8 Å². The Balaban J connectivity index is 2.19. The van der Waals surface area contributed by atoms with Gasteiger partial charge in [0.2, 0.25) is 0 Å². The topological polar surface area (TPSA) is 29.9 Å². The molecule has 1 fully saturated rings.